The molecule has 0 radical (unpaired) electrons. The topological polar surface area (TPSA) is 26.3 Å². The summed E-state index contributed by atoms with van der Waals surface area (Å²) < 4.78 is 18.0. The van der Waals surface area contributed by atoms with Gasteiger partial charge < -0.3 is 4.74 Å². The van der Waals surface area contributed by atoms with E-state index in [-0.39, 0.29) is 18.3 Å². The lowest BCUT2D eigenvalue weighted by Crippen LogP contribution is -2.24. The molecule has 1 saturated carbocycles. The zero-order valence-electron chi connectivity index (χ0n) is 8.09. The summed E-state index contributed by atoms with van der Waals surface area (Å²) in [6, 6.07) is 0. The number of hydrogen-bond donors (Lipinski definition) is 0. The Morgan fingerprint density at radius 1 is 1.46 bits per heavy atom. The molecular weight excluding hydrogens is 171 g/mol. The lowest BCUT2D eigenvalue weighted by molar-refractivity contribution is -0.145. The highest BCUT2D eigenvalue weighted by molar-refractivity contribution is 5.69. The molecule has 0 N–H and O–H groups in total. The van der Waals surface area contributed by atoms with Gasteiger partial charge in [-0.3, -0.25) is 4.79 Å². The molecule has 2 nitrogen and oxygen atoms in total. The predicted molar refractivity (Wildman–Crippen MR) is 48.1 cm³/mol. The number of alkyl halides is 1. The van der Waals surface area contributed by atoms with Gasteiger partial charge in [0.15, 0.2) is 0 Å². The molecule has 0 heterocycles. The maximum absolute atomic E-state index is 13.2. The highest BCUT2D eigenvalue weighted by Crippen LogP contribution is 2.29. The number of ether oxygens (including phenoxy) is 1. The van der Waals surface area contributed by atoms with Crippen LogP contribution in [0.1, 0.15) is 39.0 Å². The zero-order valence-corrected chi connectivity index (χ0v) is 8.09. The van der Waals surface area contributed by atoms with Crippen molar-refractivity contribution in [1.29, 1.82) is 0 Å². The molecule has 0 aliphatic heterocycles. The Hall–Kier alpha value is -0.600. The van der Waals surface area contributed by atoms with Gasteiger partial charge in [0.25, 0.3) is 0 Å². The van der Waals surface area contributed by atoms with Crippen molar-refractivity contribution < 1.29 is 13.9 Å². The molecule has 0 amide bonds. The number of carbonyl (C=O) groups is 1. The first-order chi connectivity index (χ1) is 6.24. The second kappa shape index (κ2) is 5.20. The van der Waals surface area contributed by atoms with Gasteiger partial charge in [0, 0.05) is 5.92 Å². The maximum Gasteiger partial charge on any atom is 0.306 e. The van der Waals surface area contributed by atoms with Crippen LogP contribution < -0.4 is 0 Å². The molecule has 0 aromatic carbocycles. The number of halogens is 1. The maximum atomic E-state index is 13.2. The van der Waals surface area contributed by atoms with Crippen LogP contribution in [0.25, 0.3) is 0 Å². The zero-order chi connectivity index (χ0) is 9.68. The van der Waals surface area contributed by atoms with Crippen LogP contribution in [0, 0.1) is 5.92 Å². The molecule has 3 heteroatoms. The first-order valence-electron chi connectivity index (χ1n) is 5.03. The van der Waals surface area contributed by atoms with Crippen molar-refractivity contribution in [3.63, 3.8) is 0 Å². The van der Waals surface area contributed by atoms with Crippen LogP contribution in [0.3, 0.4) is 0 Å². The van der Waals surface area contributed by atoms with Gasteiger partial charge in [0.05, 0.1) is 13.0 Å². The van der Waals surface area contributed by atoms with Gasteiger partial charge in [0.1, 0.15) is 6.17 Å². The third-order valence-corrected chi connectivity index (χ3v) is 2.55. The van der Waals surface area contributed by atoms with Gasteiger partial charge in [-0.25, -0.2) is 4.39 Å². The fraction of sp³-hybridized carbons (Fsp3) is 0.900. The number of hydrogen-bond acceptors (Lipinski definition) is 2. The molecule has 0 saturated heterocycles. The molecular formula is C10H17FO2. The minimum absolute atomic E-state index is 0.0900. The van der Waals surface area contributed by atoms with Gasteiger partial charge in [-0.05, 0) is 19.8 Å². The van der Waals surface area contributed by atoms with Crippen molar-refractivity contribution in [2.45, 2.75) is 45.2 Å². The van der Waals surface area contributed by atoms with Gasteiger partial charge in [-0.2, -0.15) is 0 Å². The van der Waals surface area contributed by atoms with Gasteiger partial charge in [0.2, 0.25) is 0 Å². The van der Waals surface area contributed by atoms with E-state index in [9.17, 15) is 9.18 Å². The number of rotatable bonds is 3. The summed E-state index contributed by atoms with van der Waals surface area (Å²) in [4.78, 5) is 11.1. The van der Waals surface area contributed by atoms with E-state index in [2.05, 4.69) is 0 Å². The minimum Gasteiger partial charge on any atom is -0.466 e. The van der Waals surface area contributed by atoms with Gasteiger partial charge >= 0.3 is 5.97 Å². The van der Waals surface area contributed by atoms with Crippen molar-refractivity contribution in [3.8, 4) is 0 Å². The third-order valence-electron chi connectivity index (χ3n) is 2.55. The number of carbonyl (C=O) groups excluding carboxylic acids is 1. The molecule has 1 rings (SSSR count). The summed E-state index contributed by atoms with van der Waals surface area (Å²) in [5.74, 6) is -0.343. The molecule has 76 valence electrons. The number of esters is 1. The van der Waals surface area contributed by atoms with E-state index >= 15 is 0 Å². The Balaban J connectivity index is 2.29. The van der Waals surface area contributed by atoms with Crippen LogP contribution in [0.2, 0.25) is 0 Å². The van der Waals surface area contributed by atoms with E-state index in [1.165, 1.54) is 0 Å². The van der Waals surface area contributed by atoms with E-state index in [4.69, 9.17) is 4.74 Å². The average molecular weight is 188 g/mol. The minimum atomic E-state index is -0.793. The third kappa shape index (κ3) is 3.33. The SMILES string of the molecule is CCOC(=O)CC1CCCCC1F. The molecule has 2 unspecified atom stereocenters. The van der Waals surface area contributed by atoms with Crippen molar-refractivity contribution in [3.05, 3.63) is 0 Å². The Morgan fingerprint density at radius 3 is 2.77 bits per heavy atom. The molecule has 0 spiro atoms. The standard InChI is InChI=1S/C10H17FO2/c1-2-13-10(12)7-8-5-3-4-6-9(8)11/h8-9H,2-7H2,1H3. The second-order valence-electron chi connectivity index (χ2n) is 3.57. The quantitative estimate of drug-likeness (QED) is 0.636. The fourth-order valence-corrected chi connectivity index (χ4v) is 1.83. The summed E-state index contributed by atoms with van der Waals surface area (Å²) in [5.41, 5.74) is 0. The molecule has 1 fully saturated rings. The summed E-state index contributed by atoms with van der Waals surface area (Å²) in [7, 11) is 0. The lowest BCUT2D eigenvalue weighted by Gasteiger charge is -2.24. The molecule has 13 heavy (non-hydrogen) atoms. The van der Waals surface area contributed by atoms with Gasteiger partial charge in [-0.15, -0.1) is 0 Å². The highest BCUT2D eigenvalue weighted by Gasteiger charge is 2.27. The first kappa shape index (κ1) is 10.5. The Morgan fingerprint density at radius 2 is 2.15 bits per heavy atom. The van der Waals surface area contributed by atoms with Crippen molar-refractivity contribution >= 4 is 5.97 Å². The van der Waals surface area contributed by atoms with Crippen LogP contribution in [-0.4, -0.2) is 18.7 Å². The molecule has 1 aliphatic carbocycles. The largest absolute Gasteiger partial charge is 0.466 e. The van der Waals surface area contributed by atoms with Crippen LogP contribution in [0.15, 0.2) is 0 Å². The predicted octanol–water partition coefficient (Wildman–Crippen LogP) is 2.47. The van der Waals surface area contributed by atoms with Crippen molar-refractivity contribution in [2.24, 2.45) is 5.92 Å². The van der Waals surface area contributed by atoms with Crippen LogP contribution >= 0.6 is 0 Å². The van der Waals surface area contributed by atoms with Crippen LogP contribution in [0.4, 0.5) is 4.39 Å². The van der Waals surface area contributed by atoms with Crippen molar-refractivity contribution in [1.82, 2.24) is 0 Å². The second-order valence-corrected chi connectivity index (χ2v) is 3.57. The highest BCUT2D eigenvalue weighted by atomic mass is 19.1. The summed E-state index contributed by atoms with van der Waals surface area (Å²) in [6.45, 7) is 2.16. The van der Waals surface area contributed by atoms with E-state index < -0.39 is 6.17 Å². The van der Waals surface area contributed by atoms with Gasteiger partial charge in [-0.1, -0.05) is 12.8 Å². The Labute approximate surface area is 78.5 Å². The summed E-state index contributed by atoms with van der Waals surface area (Å²) in [5, 5.41) is 0. The molecule has 0 aromatic heterocycles. The lowest BCUT2D eigenvalue weighted by atomic mass is 9.85. The van der Waals surface area contributed by atoms with E-state index in [1.807, 2.05) is 0 Å². The van der Waals surface area contributed by atoms with Crippen molar-refractivity contribution in [2.75, 3.05) is 6.61 Å². The van der Waals surface area contributed by atoms with E-state index in [0.29, 0.717) is 13.0 Å². The van der Waals surface area contributed by atoms with Crippen LogP contribution in [-0.2, 0) is 9.53 Å². The van der Waals surface area contributed by atoms with E-state index in [0.717, 1.165) is 19.3 Å². The van der Waals surface area contributed by atoms with E-state index in [1.54, 1.807) is 6.92 Å². The summed E-state index contributed by atoms with van der Waals surface area (Å²) in [6.07, 6.45) is 2.92. The average Bonchev–Trinajstić information content (AvgIpc) is 2.09. The molecule has 0 aromatic rings. The fourth-order valence-electron chi connectivity index (χ4n) is 1.83. The normalized spacial score (nSPS) is 28.5. The summed E-state index contributed by atoms with van der Waals surface area (Å²) >= 11 is 0. The molecule has 2 atom stereocenters. The monoisotopic (exact) mass is 188 g/mol. The van der Waals surface area contributed by atoms with Crippen LogP contribution in [0.5, 0.6) is 0 Å². The molecule has 1 aliphatic rings. The first-order valence-corrected chi connectivity index (χ1v) is 5.03. The molecule has 0 bridgehead atoms. The Kier molecular flexibility index (Phi) is 4.19. The Bertz CT molecular complexity index is 170. The smallest absolute Gasteiger partial charge is 0.306 e.